The van der Waals surface area contributed by atoms with Gasteiger partial charge in [0.2, 0.25) is 17.8 Å². The van der Waals surface area contributed by atoms with Crippen LogP contribution >= 0.6 is 0 Å². The monoisotopic (exact) mass is 872 g/mol. The van der Waals surface area contributed by atoms with Crippen LogP contribution in [0.2, 0.25) is 0 Å². The zero-order valence-electron chi connectivity index (χ0n) is 36.1. The van der Waals surface area contributed by atoms with Gasteiger partial charge in [-0.25, -0.2) is 9.97 Å². The molecule has 1 saturated carbocycles. The molecule has 1 aliphatic carbocycles. The summed E-state index contributed by atoms with van der Waals surface area (Å²) in [7, 11) is 0. The van der Waals surface area contributed by atoms with E-state index in [1.165, 1.54) is 0 Å². The first-order chi connectivity index (χ1) is 31.8. The summed E-state index contributed by atoms with van der Waals surface area (Å²) >= 11 is 0. The average Bonchev–Trinajstić information content (AvgIpc) is 3.71. The Kier molecular flexibility index (Phi) is 11.6. The minimum Gasteiger partial charge on any atom is -0.491 e. The third-order valence-electron chi connectivity index (χ3n) is 13.9. The number of cyclic esters (lactones) is 1. The minimum atomic E-state index is -1.76. The molecule has 6 atom stereocenters. The molecular weight excluding hydrogens is 821 g/mol. The Balaban J connectivity index is 1.21. The summed E-state index contributed by atoms with van der Waals surface area (Å²) in [5.41, 5.74) is 0.830. The van der Waals surface area contributed by atoms with E-state index < -0.39 is 53.0 Å². The highest BCUT2D eigenvalue weighted by molar-refractivity contribution is 6.12. The van der Waals surface area contributed by atoms with E-state index in [9.17, 15) is 10.2 Å². The van der Waals surface area contributed by atoms with Crippen molar-refractivity contribution in [1.29, 1.82) is 0 Å². The van der Waals surface area contributed by atoms with Gasteiger partial charge in [0.1, 0.15) is 35.5 Å². The van der Waals surface area contributed by atoms with Crippen LogP contribution in [0.3, 0.4) is 0 Å². The number of nitrogens with one attached hydrogen (secondary N) is 1. The molecule has 6 unspecified atom stereocenters. The Labute approximate surface area is 378 Å². The fraction of sp³-hybridized carbons (Fsp3) is 0.365. The van der Waals surface area contributed by atoms with Crippen molar-refractivity contribution >= 4 is 29.4 Å². The second kappa shape index (κ2) is 17.8. The lowest BCUT2D eigenvalue weighted by Crippen LogP contribution is -2.58. The molecule has 2 amide bonds. The van der Waals surface area contributed by atoms with E-state index in [1.54, 1.807) is 29.4 Å². The second-order valence-corrected chi connectivity index (χ2v) is 17.6. The molecular formula is C52H52N6O7. The van der Waals surface area contributed by atoms with Crippen LogP contribution in [-0.2, 0) is 24.5 Å². The number of aromatic nitrogens is 2. The lowest BCUT2D eigenvalue weighted by atomic mass is 9.64. The van der Waals surface area contributed by atoms with Crippen molar-refractivity contribution in [2.75, 3.05) is 49.6 Å². The van der Waals surface area contributed by atoms with Crippen molar-refractivity contribution in [2.45, 2.75) is 73.8 Å². The zero-order chi connectivity index (χ0) is 44.5. The predicted molar refractivity (Wildman–Crippen MR) is 242 cm³/mol. The number of hydrogen-bond acceptors (Lipinski definition) is 11. The number of fused-ring (bicyclic) bond motifs is 3. The Morgan fingerprint density at radius 2 is 1.49 bits per heavy atom. The van der Waals surface area contributed by atoms with E-state index in [1.807, 2.05) is 102 Å². The first kappa shape index (κ1) is 42.4. The molecule has 65 heavy (non-hydrogen) atoms. The summed E-state index contributed by atoms with van der Waals surface area (Å²) in [6.45, 7) is 1.16. The van der Waals surface area contributed by atoms with Crippen LogP contribution in [0.25, 0.3) is 0 Å². The van der Waals surface area contributed by atoms with Crippen LogP contribution in [0.1, 0.15) is 84.5 Å². The summed E-state index contributed by atoms with van der Waals surface area (Å²) in [5.74, 6) is 4.72. The van der Waals surface area contributed by atoms with E-state index in [4.69, 9.17) is 9.47 Å². The van der Waals surface area contributed by atoms with Crippen molar-refractivity contribution in [3.05, 3.63) is 149 Å². The van der Waals surface area contributed by atoms with Gasteiger partial charge < -0.3 is 34.8 Å². The van der Waals surface area contributed by atoms with Gasteiger partial charge in [-0.3, -0.25) is 19.3 Å². The third kappa shape index (κ3) is 7.59. The van der Waals surface area contributed by atoms with Crippen LogP contribution in [0.4, 0.5) is 11.6 Å². The number of ether oxygens (including phenoxy) is 2. The Morgan fingerprint density at radius 1 is 0.815 bits per heavy atom. The summed E-state index contributed by atoms with van der Waals surface area (Å²) in [6.07, 6.45) is 7.54. The van der Waals surface area contributed by atoms with Gasteiger partial charge in [0, 0.05) is 55.4 Å². The molecule has 1 spiro atoms. The topological polar surface area (TPSA) is 158 Å². The van der Waals surface area contributed by atoms with Gasteiger partial charge in [-0.2, -0.15) is 0 Å². The number of hydrogen-bond donors (Lipinski definition) is 3. The van der Waals surface area contributed by atoms with Crippen LogP contribution in [0, 0.1) is 17.8 Å². The lowest BCUT2D eigenvalue weighted by Gasteiger charge is -2.46. The second-order valence-electron chi connectivity index (χ2n) is 17.6. The SMILES string of the molecule is O=C1OC(c2ccccc2)C(c2ccccc2)N2C1C(C(=O)N1CCN(c3ncccn3)CC1)C1(C(=O)Nc3ccc(C#CC4(O)CCCCCC4)cc31)C2c1ccccc1OCCO. The fourth-order valence-corrected chi connectivity index (χ4v) is 11.0. The first-order valence-corrected chi connectivity index (χ1v) is 22.7. The minimum absolute atomic E-state index is 0.0276. The zero-order valence-corrected chi connectivity index (χ0v) is 36.1. The molecule has 0 radical (unpaired) electrons. The number of rotatable bonds is 8. The van der Waals surface area contributed by atoms with Crippen LogP contribution in [0.5, 0.6) is 5.75 Å². The predicted octanol–water partition coefficient (Wildman–Crippen LogP) is 5.90. The summed E-state index contributed by atoms with van der Waals surface area (Å²) in [5, 5.41) is 24.9. The van der Waals surface area contributed by atoms with Crippen LogP contribution < -0.4 is 15.0 Å². The summed E-state index contributed by atoms with van der Waals surface area (Å²) in [4.78, 5) is 61.9. The number of aliphatic hydroxyl groups is 2. The molecule has 1 aromatic heterocycles. The summed E-state index contributed by atoms with van der Waals surface area (Å²) < 4.78 is 12.9. The quantitative estimate of drug-likeness (QED) is 0.0969. The first-order valence-electron chi connectivity index (χ1n) is 22.7. The molecule has 5 aromatic rings. The van der Waals surface area contributed by atoms with Gasteiger partial charge in [0.15, 0.2) is 0 Å². The number of amides is 2. The molecule has 13 heteroatoms. The Hall–Kier alpha value is -6.59. The number of morpholine rings is 1. The molecule has 3 N–H and O–H groups in total. The third-order valence-corrected chi connectivity index (χ3v) is 13.9. The van der Waals surface area contributed by atoms with E-state index in [-0.39, 0.29) is 19.1 Å². The molecule has 5 heterocycles. The van der Waals surface area contributed by atoms with Gasteiger partial charge in [-0.1, -0.05) is 104 Å². The summed E-state index contributed by atoms with van der Waals surface area (Å²) in [6, 6.07) is 31.0. The standard InChI is InChI=1S/C52H52N6O7/c59-32-33-64-41-19-10-9-18-38(41)46-52(39-34-35(20-21-40(39)55-49(52)62)22-25-51(63)23-11-1-2-12-24-51)42(47(60)56-28-30-57(31-29-56)50-53-26-13-27-54-50)44-48(61)65-45(37-16-7-4-8-17-37)43(58(44)46)36-14-5-3-6-15-36/h3-10,13-21,26-27,34,42-46,59,63H,1-2,11-12,23-24,28-33H2,(H,55,62). The van der Waals surface area contributed by atoms with Crippen LogP contribution in [0.15, 0.2) is 122 Å². The maximum atomic E-state index is 16.0. The molecule has 3 saturated heterocycles. The normalized spacial score (nSPS) is 26.0. The number of carbonyl (C=O) groups is 3. The van der Waals surface area contributed by atoms with Gasteiger partial charge in [-0.05, 0) is 72.7 Å². The maximum Gasteiger partial charge on any atom is 0.324 e. The Morgan fingerprint density at radius 3 is 2.20 bits per heavy atom. The number of esters is 1. The number of carbonyl (C=O) groups excluding carboxylic acids is 3. The number of piperazine rings is 1. The highest BCUT2D eigenvalue weighted by atomic mass is 16.6. The molecule has 4 fully saturated rings. The highest BCUT2D eigenvalue weighted by Gasteiger charge is 2.74. The fourth-order valence-electron chi connectivity index (χ4n) is 11.0. The van der Waals surface area contributed by atoms with Crippen molar-refractivity contribution in [2.24, 2.45) is 5.92 Å². The van der Waals surface area contributed by atoms with Crippen molar-refractivity contribution in [1.82, 2.24) is 19.8 Å². The number of para-hydroxylation sites is 1. The van der Waals surface area contributed by atoms with Gasteiger partial charge in [-0.15, -0.1) is 0 Å². The molecule has 4 aliphatic heterocycles. The van der Waals surface area contributed by atoms with E-state index in [2.05, 4.69) is 32.0 Å². The largest absolute Gasteiger partial charge is 0.491 e. The number of nitrogens with zero attached hydrogens (tertiary/aromatic N) is 5. The lowest BCUT2D eigenvalue weighted by molar-refractivity contribution is -0.179. The number of anilines is 2. The highest BCUT2D eigenvalue weighted by Crippen LogP contribution is 2.66. The van der Waals surface area contributed by atoms with Gasteiger partial charge >= 0.3 is 5.97 Å². The Bertz CT molecular complexity index is 2610. The molecule has 0 bridgehead atoms. The van der Waals surface area contributed by atoms with Crippen LogP contribution in [-0.4, -0.2) is 98.8 Å². The molecule has 5 aliphatic rings. The average molecular weight is 873 g/mol. The number of benzene rings is 4. The van der Waals surface area contributed by atoms with Crippen molar-refractivity contribution < 1.29 is 34.1 Å². The van der Waals surface area contributed by atoms with Gasteiger partial charge in [0.25, 0.3) is 0 Å². The maximum absolute atomic E-state index is 16.0. The molecule has 4 aromatic carbocycles. The van der Waals surface area contributed by atoms with Crippen molar-refractivity contribution in [3.63, 3.8) is 0 Å². The molecule has 10 rings (SSSR count). The molecule has 13 nitrogen and oxygen atoms in total. The van der Waals surface area contributed by atoms with E-state index in [0.717, 1.165) is 36.8 Å². The smallest absolute Gasteiger partial charge is 0.324 e. The van der Waals surface area contributed by atoms with Gasteiger partial charge in [0.05, 0.1) is 24.6 Å². The molecule has 332 valence electrons. The van der Waals surface area contributed by atoms with E-state index >= 15 is 14.4 Å². The van der Waals surface area contributed by atoms with E-state index in [0.29, 0.717) is 73.1 Å². The van der Waals surface area contributed by atoms with Crippen molar-refractivity contribution in [3.8, 4) is 17.6 Å². The number of aliphatic hydroxyl groups excluding tert-OH is 1.